The van der Waals surface area contributed by atoms with Crippen LogP contribution >= 0.6 is 0 Å². The average molecular weight is 270 g/mol. The van der Waals surface area contributed by atoms with Crippen molar-refractivity contribution in [3.05, 3.63) is 35.4 Å². The lowest BCUT2D eigenvalue weighted by atomic mass is 10.1. The van der Waals surface area contributed by atoms with Crippen molar-refractivity contribution in [1.29, 1.82) is 0 Å². The third-order valence-electron chi connectivity index (χ3n) is 2.87. The molecule has 1 heterocycles. The number of morpholine rings is 1. The molecule has 1 saturated heterocycles. The summed E-state index contributed by atoms with van der Waals surface area (Å²) < 4.78 is 31.1. The zero-order valence-corrected chi connectivity index (χ0v) is 10.4. The van der Waals surface area contributed by atoms with Crippen molar-refractivity contribution in [2.75, 3.05) is 26.3 Å². The molecule has 0 aliphatic carbocycles. The Labute approximate surface area is 110 Å². The maximum atomic E-state index is 13.0. The number of hydrogen-bond acceptors (Lipinski definition) is 3. The highest BCUT2D eigenvalue weighted by molar-refractivity contribution is 5.81. The van der Waals surface area contributed by atoms with Gasteiger partial charge in [-0.25, -0.2) is 8.78 Å². The highest BCUT2D eigenvalue weighted by Gasteiger charge is 2.20. The minimum atomic E-state index is -0.608. The second kappa shape index (κ2) is 6.58. The van der Waals surface area contributed by atoms with Crippen LogP contribution in [0.2, 0.25) is 0 Å². The first-order valence-electron chi connectivity index (χ1n) is 6.19. The lowest BCUT2D eigenvalue weighted by molar-refractivity contribution is -0.125. The minimum Gasteiger partial charge on any atom is -0.378 e. The van der Waals surface area contributed by atoms with Crippen molar-refractivity contribution < 1.29 is 18.3 Å². The predicted molar refractivity (Wildman–Crippen MR) is 65.7 cm³/mol. The molecule has 19 heavy (non-hydrogen) atoms. The average Bonchev–Trinajstić information content (AvgIpc) is 2.38. The fraction of sp³-hybridized carbons (Fsp3) is 0.462. The molecule has 2 N–H and O–H groups in total. The van der Waals surface area contributed by atoms with E-state index in [9.17, 15) is 13.6 Å². The SMILES string of the molecule is O=C(NCCc1cc(F)cc(F)c1)C1COCCN1. The topological polar surface area (TPSA) is 50.4 Å². The van der Waals surface area contributed by atoms with E-state index in [-0.39, 0.29) is 11.9 Å². The molecule has 4 nitrogen and oxygen atoms in total. The van der Waals surface area contributed by atoms with Gasteiger partial charge in [0.2, 0.25) is 5.91 Å². The van der Waals surface area contributed by atoms with Crippen molar-refractivity contribution in [1.82, 2.24) is 10.6 Å². The van der Waals surface area contributed by atoms with Crippen molar-refractivity contribution in [2.24, 2.45) is 0 Å². The molecule has 1 unspecified atom stereocenters. The van der Waals surface area contributed by atoms with Crippen LogP contribution in [0.4, 0.5) is 8.78 Å². The standard InChI is InChI=1S/C13H16F2N2O2/c14-10-5-9(6-11(15)7-10)1-2-17-13(18)12-8-19-4-3-16-12/h5-7,12,16H,1-4,8H2,(H,17,18). The van der Waals surface area contributed by atoms with E-state index in [1.807, 2.05) is 0 Å². The molecule has 1 aromatic carbocycles. The van der Waals surface area contributed by atoms with Gasteiger partial charge in [0.05, 0.1) is 13.2 Å². The molecular formula is C13H16F2N2O2. The van der Waals surface area contributed by atoms with E-state index >= 15 is 0 Å². The van der Waals surface area contributed by atoms with Gasteiger partial charge >= 0.3 is 0 Å². The molecule has 1 aliphatic rings. The molecule has 6 heteroatoms. The molecule has 104 valence electrons. The van der Waals surface area contributed by atoms with Gasteiger partial charge in [0.25, 0.3) is 0 Å². The summed E-state index contributed by atoms with van der Waals surface area (Å²) in [6.07, 6.45) is 0.383. The van der Waals surface area contributed by atoms with E-state index in [1.165, 1.54) is 12.1 Å². The Bertz CT molecular complexity index is 428. The third kappa shape index (κ3) is 4.25. The van der Waals surface area contributed by atoms with E-state index < -0.39 is 11.6 Å². The molecule has 2 rings (SSSR count). The highest BCUT2D eigenvalue weighted by Crippen LogP contribution is 2.08. The monoisotopic (exact) mass is 270 g/mol. The van der Waals surface area contributed by atoms with Gasteiger partial charge in [-0.3, -0.25) is 4.79 Å². The molecule has 0 radical (unpaired) electrons. The Morgan fingerprint density at radius 1 is 1.37 bits per heavy atom. The Hall–Kier alpha value is -1.53. The van der Waals surface area contributed by atoms with Crippen LogP contribution in [0.1, 0.15) is 5.56 Å². The number of carbonyl (C=O) groups excluding carboxylic acids is 1. The van der Waals surface area contributed by atoms with Crippen LogP contribution in [-0.2, 0) is 16.0 Å². The molecule has 1 aromatic rings. The fourth-order valence-corrected chi connectivity index (χ4v) is 1.94. The molecule has 0 bridgehead atoms. The summed E-state index contributed by atoms with van der Waals surface area (Å²) in [4.78, 5) is 11.7. The summed E-state index contributed by atoms with van der Waals surface area (Å²) >= 11 is 0. The molecule has 0 spiro atoms. The van der Waals surface area contributed by atoms with Gasteiger partial charge in [0.15, 0.2) is 0 Å². The number of halogens is 2. The number of hydrogen-bond donors (Lipinski definition) is 2. The van der Waals surface area contributed by atoms with Crippen molar-refractivity contribution in [3.8, 4) is 0 Å². The maximum Gasteiger partial charge on any atom is 0.239 e. The Morgan fingerprint density at radius 2 is 2.11 bits per heavy atom. The van der Waals surface area contributed by atoms with E-state index in [4.69, 9.17) is 4.74 Å². The van der Waals surface area contributed by atoms with E-state index in [2.05, 4.69) is 10.6 Å². The van der Waals surface area contributed by atoms with Crippen LogP contribution in [0.15, 0.2) is 18.2 Å². The van der Waals surface area contributed by atoms with Crippen molar-refractivity contribution >= 4 is 5.91 Å². The van der Waals surface area contributed by atoms with Crippen LogP contribution < -0.4 is 10.6 Å². The first-order valence-corrected chi connectivity index (χ1v) is 6.19. The van der Waals surface area contributed by atoms with Crippen LogP contribution in [0.5, 0.6) is 0 Å². The van der Waals surface area contributed by atoms with Gasteiger partial charge < -0.3 is 15.4 Å². The summed E-state index contributed by atoms with van der Waals surface area (Å²) in [5.41, 5.74) is 0.519. The van der Waals surface area contributed by atoms with Gasteiger partial charge in [-0.2, -0.15) is 0 Å². The lowest BCUT2D eigenvalue weighted by Gasteiger charge is -2.22. The second-order valence-electron chi connectivity index (χ2n) is 4.40. The first kappa shape index (κ1) is 13.9. The zero-order valence-electron chi connectivity index (χ0n) is 10.4. The highest BCUT2D eigenvalue weighted by atomic mass is 19.1. The summed E-state index contributed by atoms with van der Waals surface area (Å²) in [6, 6.07) is 3.00. The molecule has 0 aromatic heterocycles. The molecule has 1 amide bonds. The third-order valence-corrected chi connectivity index (χ3v) is 2.87. The fourth-order valence-electron chi connectivity index (χ4n) is 1.94. The second-order valence-corrected chi connectivity index (χ2v) is 4.40. The molecule has 1 atom stereocenters. The van der Waals surface area contributed by atoms with Gasteiger partial charge in [-0.1, -0.05) is 0 Å². The van der Waals surface area contributed by atoms with Gasteiger partial charge in [0.1, 0.15) is 17.7 Å². The van der Waals surface area contributed by atoms with E-state index in [0.29, 0.717) is 38.3 Å². The Balaban J connectivity index is 1.77. The van der Waals surface area contributed by atoms with Crippen LogP contribution in [0.3, 0.4) is 0 Å². The first-order chi connectivity index (χ1) is 9.15. The normalized spacial score (nSPS) is 19.2. The number of benzene rings is 1. The zero-order chi connectivity index (χ0) is 13.7. The number of nitrogens with one attached hydrogen (secondary N) is 2. The van der Waals surface area contributed by atoms with Gasteiger partial charge in [0, 0.05) is 19.2 Å². The van der Waals surface area contributed by atoms with Gasteiger partial charge in [-0.05, 0) is 24.1 Å². The van der Waals surface area contributed by atoms with E-state index in [1.54, 1.807) is 0 Å². The molecular weight excluding hydrogens is 254 g/mol. The summed E-state index contributed by atoms with van der Waals surface area (Å²) in [5.74, 6) is -1.37. The van der Waals surface area contributed by atoms with Crippen LogP contribution in [0, 0.1) is 11.6 Å². The number of amides is 1. The summed E-state index contributed by atoms with van der Waals surface area (Å²) in [6.45, 7) is 1.93. The molecule has 0 saturated carbocycles. The quantitative estimate of drug-likeness (QED) is 0.843. The molecule has 1 fully saturated rings. The maximum absolute atomic E-state index is 13.0. The lowest BCUT2D eigenvalue weighted by Crippen LogP contribution is -2.51. The van der Waals surface area contributed by atoms with Gasteiger partial charge in [-0.15, -0.1) is 0 Å². The van der Waals surface area contributed by atoms with Crippen molar-refractivity contribution in [2.45, 2.75) is 12.5 Å². The summed E-state index contributed by atoms with van der Waals surface area (Å²) in [7, 11) is 0. The number of carbonyl (C=O) groups is 1. The van der Waals surface area contributed by atoms with Crippen LogP contribution in [0.25, 0.3) is 0 Å². The summed E-state index contributed by atoms with van der Waals surface area (Å²) in [5, 5.41) is 5.74. The minimum absolute atomic E-state index is 0.156. The van der Waals surface area contributed by atoms with E-state index in [0.717, 1.165) is 6.07 Å². The number of ether oxygens (including phenoxy) is 1. The molecule has 1 aliphatic heterocycles. The number of rotatable bonds is 4. The Kier molecular flexibility index (Phi) is 4.81. The smallest absolute Gasteiger partial charge is 0.239 e. The Morgan fingerprint density at radius 3 is 2.74 bits per heavy atom. The largest absolute Gasteiger partial charge is 0.378 e. The van der Waals surface area contributed by atoms with Crippen molar-refractivity contribution in [3.63, 3.8) is 0 Å². The predicted octanol–water partition coefficient (Wildman–Crippen LogP) is 0.612. The van der Waals surface area contributed by atoms with Crippen LogP contribution in [-0.4, -0.2) is 38.3 Å².